The molecule has 43 heavy (non-hydrogen) atoms. The van der Waals surface area contributed by atoms with E-state index < -0.39 is 46.8 Å². The molecule has 3 heterocycles. The van der Waals surface area contributed by atoms with Crippen LogP contribution < -0.4 is 10.9 Å². The normalized spacial score (nSPS) is 23.0. The Kier molecular flexibility index (Phi) is 8.72. The minimum atomic E-state index is -4.47. The van der Waals surface area contributed by atoms with Crippen molar-refractivity contribution in [2.24, 2.45) is 11.3 Å². The van der Waals surface area contributed by atoms with E-state index in [1.54, 1.807) is 11.0 Å². The lowest BCUT2D eigenvalue weighted by molar-refractivity contribution is -0.172. The average Bonchev–Trinajstić information content (AvgIpc) is 3.44. The number of carbonyl (C=O) groups is 2. The Balaban J connectivity index is 1.48. The molecule has 0 radical (unpaired) electrons. The van der Waals surface area contributed by atoms with E-state index in [9.17, 15) is 37.1 Å². The van der Waals surface area contributed by atoms with Crippen molar-refractivity contribution in [3.8, 4) is 11.1 Å². The zero-order chi connectivity index (χ0) is 31.0. The number of hydrogen-bond donors (Lipinski definition) is 2. The first-order chi connectivity index (χ1) is 20.3. The van der Waals surface area contributed by atoms with Gasteiger partial charge in [0.15, 0.2) is 0 Å². The molecule has 1 aromatic heterocycles. The first kappa shape index (κ1) is 31.2. The lowest BCUT2D eigenvalue weighted by Crippen LogP contribution is -2.62. The third-order valence-corrected chi connectivity index (χ3v) is 9.46. The average molecular weight is 607 g/mol. The Hall–Kier alpha value is -3.25. The van der Waals surface area contributed by atoms with E-state index in [1.807, 2.05) is 0 Å². The number of likely N-dealkylation sites (tertiary alicyclic amines) is 1. The van der Waals surface area contributed by atoms with Crippen molar-refractivity contribution in [3.63, 3.8) is 0 Å². The quantitative estimate of drug-likeness (QED) is 0.488. The molecule has 2 saturated heterocycles. The number of nitrogens with zero attached hydrogens (tertiary/aromatic N) is 3. The van der Waals surface area contributed by atoms with Gasteiger partial charge in [-0.05, 0) is 25.3 Å². The molecule has 2 amide bonds. The molecule has 8 nitrogen and oxygen atoms in total. The molecule has 1 spiro atoms. The number of piperazine rings is 1. The highest BCUT2D eigenvalue weighted by Gasteiger charge is 2.56. The molecule has 3 aliphatic rings. The zero-order valence-corrected chi connectivity index (χ0v) is 24.3. The molecular weight excluding hydrogens is 568 g/mol. The van der Waals surface area contributed by atoms with Gasteiger partial charge in [0, 0.05) is 74.0 Å². The second kappa shape index (κ2) is 12.0. The summed E-state index contributed by atoms with van der Waals surface area (Å²) < 4.78 is 55.2. The van der Waals surface area contributed by atoms with Crippen molar-refractivity contribution in [2.75, 3.05) is 39.3 Å². The number of halogens is 4. The fraction of sp³-hybridized carbons (Fsp3) is 0.581. The van der Waals surface area contributed by atoms with Crippen LogP contribution in [0.4, 0.5) is 17.6 Å². The molecule has 2 N–H and O–H groups in total. The highest BCUT2D eigenvalue weighted by atomic mass is 19.4. The van der Waals surface area contributed by atoms with E-state index in [1.165, 1.54) is 46.9 Å². The molecule has 0 unspecified atom stereocenters. The number of pyridine rings is 1. The van der Waals surface area contributed by atoms with E-state index >= 15 is 0 Å². The Morgan fingerprint density at radius 1 is 1.02 bits per heavy atom. The molecule has 1 aromatic carbocycles. The topological polar surface area (TPSA) is 94.9 Å². The number of aliphatic hydroxyl groups is 1. The zero-order valence-electron chi connectivity index (χ0n) is 24.3. The van der Waals surface area contributed by atoms with Crippen LogP contribution in [0.1, 0.15) is 55.8 Å². The number of hydrogen-bond acceptors (Lipinski definition) is 5. The van der Waals surface area contributed by atoms with Gasteiger partial charge in [-0.3, -0.25) is 14.4 Å². The molecule has 1 aliphatic carbocycles. The summed E-state index contributed by atoms with van der Waals surface area (Å²) in [5, 5.41) is 15.4. The number of piperidine rings is 1. The highest BCUT2D eigenvalue weighted by Crippen LogP contribution is 2.52. The monoisotopic (exact) mass is 606 g/mol. The summed E-state index contributed by atoms with van der Waals surface area (Å²) in [6.07, 6.45) is -1.56. The van der Waals surface area contributed by atoms with Crippen LogP contribution in [0.2, 0.25) is 0 Å². The summed E-state index contributed by atoms with van der Waals surface area (Å²) in [7, 11) is 0. The maximum atomic E-state index is 14.9. The lowest BCUT2D eigenvalue weighted by atomic mass is 9.65. The van der Waals surface area contributed by atoms with Crippen LogP contribution in [0, 0.1) is 17.2 Å². The van der Waals surface area contributed by atoms with Gasteiger partial charge in [0.1, 0.15) is 5.82 Å². The van der Waals surface area contributed by atoms with E-state index in [4.69, 9.17) is 0 Å². The van der Waals surface area contributed by atoms with Crippen LogP contribution in [0.25, 0.3) is 11.1 Å². The summed E-state index contributed by atoms with van der Waals surface area (Å²) in [6.45, 7) is 3.33. The highest BCUT2D eigenvalue weighted by molar-refractivity contribution is 6.00. The van der Waals surface area contributed by atoms with Crippen molar-refractivity contribution in [2.45, 2.75) is 63.8 Å². The Labute approximate surface area is 247 Å². The molecule has 234 valence electrons. The third-order valence-electron chi connectivity index (χ3n) is 9.46. The SMILES string of the molecule is C[C@H](CC(F)(F)F)C(=O)N1CC[C@@](O)(Cn2cc(C(=O)N3CCNCC3)c(-c3ccccc3F)cc2=O)C2(CCCC2)C1. The molecule has 2 aliphatic heterocycles. The standard InChI is InChI=1S/C31H38F4N4O4/c1-21(17-31(33,34)35)27(41)38-13-10-30(43,29(19-38)8-4-5-9-29)20-39-18-24(28(42)37-14-11-36-12-15-37)23(16-26(39)40)22-6-2-3-7-25(22)32/h2-3,6-7,16,18,21,36,43H,4-5,8-15,17,19-20H2,1H3/t21-,30-/m1/s1. The molecule has 2 aromatic rings. The number of rotatable bonds is 6. The van der Waals surface area contributed by atoms with E-state index in [0.717, 1.165) is 12.8 Å². The molecule has 3 fully saturated rings. The summed E-state index contributed by atoms with van der Waals surface area (Å²) in [6, 6.07) is 7.15. The number of alkyl halides is 3. The minimum absolute atomic E-state index is 0.0495. The molecular formula is C31H38F4N4O4. The van der Waals surface area contributed by atoms with Gasteiger partial charge in [0.25, 0.3) is 11.5 Å². The van der Waals surface area contributed by atoms with Crippen molar-refractivity contribution in [3.05, 3.63) is 58.3 Å². The first-order valence-electron chi connectivity index (χ1n) is 14.9. The Morgan fingerprint density at radius 3 is 2.35 bits per heavy atom. The van der Waals surface area contributed by atoms with Crippen molar-refractivity contribution >= 4 is 11.8 Å². The van der Waals surface area contributed by atoms with Crippen LogP contribution in [-0.4, -0.2) is 82.3 Å². The minimum Gasteiger partial charge on any atom is -0.387 e. The molecule has 5 rings (SSSR count). The van der Waals surface area contributed by atoms with Gasteiger partial charge < -0.3 is 24.8 Å². The third kappa shape index (κ3) is 6.35. The smallest absolute Gasteiger partial charge is 0.387 e. The second-order valence-corrected chi connectivity index (χ2v) is 12.3. The van der Waals surface area contributed by atoms with Crippen LogP contribution in [0.3, 0.4) is 0 Å². The largest absolute Gasteiger partial charge is 0.389 e. The van der Waals surface area contributed by atoms with Gasteiger partial charge in [-0.2, -0.15) is 13.2 Å². The van der Waals surface area contributed by atoms with Gasteiger partial charge >= 0.3 is 6.18 Å². The van der Waals surface area contributed by atoms with Crippen LogP contribution >= 0.6 is 0 Å². The van der Waals surface area contributed by atoms with Crippen LogP contribution in [-0.2, 0) is 11.3 Å². The number of aromatic nitrogens is 1. The van der Waals surface area contributed by atoms with Gasteiger partial charge in [-0.25, -0.2) is 4.39 Å². The Morgan fingerprint density at radius 2 is 1.70 bits per heavy atom. The molecule has 0 bridgehead atoms. The predicted molar refractivity (Wildman–Crippen MR) is 152 cm³/mol. The van der Waals surface area contributed by atoms with Crippen LogP contribution in [0.5, 0.6) is 0 Å². The number of amides is 2. The lowest BCUT2D eigenvalue weighted by Gasteiger charge is -2.52. The summed E-state index contributed by atoms with van der Waals surface area (Å²) in [5.41, 5.74) is -2.35. The molecule has 2 atom stereocenters. The fourth-order valence-electron chi connectivity index (χ4n) is 7.12. The number of nitrogens with one attached hydrogen (secondary N) is 1. The van der Waals surface area contributed by atoms with Gasteiger partial charge in [0.2, 0.25) is 5.91 Å². The van der Waals surface area contributed by atoms with Crippen molar-refractivity contribution < 1.29 is 32.3 Å². The predicted octanol–water partition coefficient (Wildman–Crippen LogP) is 3.81. The van der Waals surface area contributed by atoms with Crippen LogP contribution in [0.15, 0.2) is 41.3 Å². The molecule has 12 heteroatoms. The van der Waals surface area contributed by atoms with E-state index in [0.29, 0.717) is 39.0 Å². The maximum absolute atomic E-state index is 14.9. The first-order valence-corrected chi connectivity index (χ1v) is 14.9. The summed E-state index contributed by atoms with van der Waals surface area (Å²) in [5.74, 6) is -2.76. The Bertz CT molecular complexity index is 1420. The number of carbonyl (C=O) groups excluding carboxylic acids is 2. The van der Waals surface area contributed by atoms with E-state index in [-0.39, 0.29) is 48.7 Å². The van der Waals surface area contributed by atoms with Gasteiger partial charge in [0.05, 0.1) is 24.1 Å². The van der Waals surface area contributed by atoms with Crippen molar-refractivity contribution in [1.82, 2.24) is 19.7 Å². The fourth-order valence-corrected chi connectivity index (χ4v) is 7.12. The van der Waals surface area contributed by atoms with E-state index in [2.05, 4.69) is 5.32 Å². The van der Waals surface area contributed by atoms with Gasteiger partial charge in [-0.1, -0.05) is 38.0 Å². The number of benzene rings is 1. The molecule has 1 saturated carbocycles. The maximum Gasteiger partial charge on any atom is 0.389 e. The van der Waals surface area contributed by atoms with Crippen molar-refractivity contribution in [1.29, 1.82) is 0 Å². The second-order valence-electron chi connectivity index (χ2n) is 12.3. The van der Waals surface area contributed by atoms with Gasteiger partial charge in [-0.15, -0.1) is 0 Å². The summed E-state index contributed by atoms with van der Waals surface area (Å²) in [4.78, 5) is 43.4. The summed E-state index contributed by atoms with van der Waals surface area (Å²) >= 11 is 0.